The van der Waals surface area contributed by atoms with Crippen molar-refractivity contribution in [2.75, 3.05) is 11.9 Å². The van der Waals surface area contributed by atoms with Gasteiger partial charge in [0.05, 0.1) is 12.2 Å². The van der Waals surface area contributed by atoms with Crippen LogP contribution >= 0.6 is 0 Å². The largest absolute Gasteiger partial charge is 0.462 e. The molecule has 1 aliphatic heterocycles. The molecule has 3 heteroatoms. The van der Waals surface area contributed by atoms with Gasteiger partial charge in [-0.3, -0.25) is 0 Å². The summed E-state index contributed by atoms with van der Waals surface area (Å²) < 4.78 is 4.92. The van der Waals surface area contributed by atoms with Gasteiger partial charge in [0.1, 0.15) is 0 Å². The number of carbonyl (C=O) groups is 1. The third-order valence-electron chi connectivity index (χ3n) is 2.75. The average Bonchev–Trinajstić information content (AvgIpc) is 2.68. The van der Waals surface area contributed by atoms with Gasteiger partial charge in [0, 0.05) is 17.8 Å². The Morgan fingerprint density at radius 3 is 2.75 bits per heavy atom. The zero-order valence-corrected chi connectivity index (χ0v) is 9.54. The van der Waals surface area contributed by atoms with Gasteiger partial charge < -0.3 is 10.1 Å². The van der Waals surface area contributed by atoms with Gasteiger partial charge in [-0.1, -0.05) is 18.2 Å². The second kappa shape index (κ2) is 4.39. The van der Waals surface area contributed by atoms with Crippen LogP contribution in [0.15, 0.2) is 35.5 Å². The van der Waals surface area contributed by atoms with Crippen molar-refractivity contribution in [3.05, 3.63) is 41.1 Å². The Hall–Kier alpha value is -1.77. The second-order valence-corrected chi connectivity index (χ2v) is 3.93. The average molecular weight is 217 g/mol. The second-order valence-electron chi connectivity index (χ2n) is 3.93. The van der Waals surface area contributed by atoms with Crippen LogP contribution in [-0.2, 0) is 9.53 Å². The van der Waals surface area contributed by atoms with E-state index < -0.39 is 0 Å². The molecule has 0 unspecified atom stereocenters. The van der Waals surface area contributed by atoms with Crippen molar-refractivity contribution in [1.82, 2.24) is 0 Å². The number of ether oxygens (including phenoxy) is 1. The normalized spacial score (nSPS) is 18.2. The summed E-state index contributed by atoms with van der Waals surface area (Å²) in [7, 11) is 0. The minimum Gasteiger partial charge on any atom is -0.462 e. The van der Waals surface area contributed by atoms with E-state index in [9.17, 15) is 4.79 Å². The van der Waals surface area contributed by atoms with E-state index in [1.165, 1.54) is 0 Å². The van der Waals surface area contributed by atoms with E-state index in [0.717, 1.165) is 22.5 Å². The predicted octanol–water partition coefficient (Wildman–Crippen LogP) is 2.63. The van der Waals surface area contributed by atoms with Gasteiger partial charge in [0.25, 0.3) is 0 Å². The Morgan fingerprint density at radius 1 is 1.38 bits per heavy atom. The first kappa shape index (κ1) is 10.7. The van der Waals surface area contributed by atoms with Crippen molar-refractivity contribution in [1.29, 1.82) is 0 Å². The maximum absolute atomic E-state index is 11.4. The van der Waals surface area contributed by atoms with Crippen LogP contribution in [0.3, 0.4) is 0 Å². The highest BCUT2D eigenvalue weighted by atomic mass is 16.5. The van der Waals surface area contributed by atoms with Crippen LogP contribution in [-0.4, -0.2) is 12.6 Å². The monoisotopic (exact) mass is 217 g/mol. The van der Waals surface area contributed by atoms with Crippen LogP contribution < -0.4 is 5.32 Å². The third kappa shape index (κ3) is 2.08. The zero-order chi connectivity index (χ0) is 11.5. The lowest BCUT2D eigenvalue weighted by Gasteiger charge is -2.10. The van der Waals surface area contributed by atoms with E-state index in [4.69, 9.17) is 4.74 Å². The third-order valence-corrected chi connectivity index (χ3v) is 2.75. The van der Waals surface area contributed by atoms with Crippen LogP contribution in [0.2, 0.25) is 0 Å². The van der Waals surface area contributed by atoms with Crippen molar-refractivity contribution < 1.29 is 9.53 Å². The van der Waals surface area contributed by atoms with Crippen LogP contribution in [0, 0.1) is 6.92 Å². The molecular formula is C13H15NO2. The Morgan fingerprint density at radius 2 is 2.12 bits per heavy atom. The van der Waals surface area contributed by atoms with Crippen LogP contribution in [0.4, 0.5) is 5.69 Å². The summed E-state index contributed by atoms with van der Waals surface area (Å²) >= 11 is 0. The number of nitrogens with one attached hydrogen (secondary N) is 1. The molecule has 1 N–H and O–H groups in total. The van der Waals surface area contributed by atoms with E-state index in [1.807, 2.05) is 38.1 Å². The molecule has 0 bridgehead atoms. The first-order valence-corrected chi connectivity index (χ1v) is 5.38. The maximum Gasteiger partial charge on any atom is 0.335 e. The molecular weight excluding hydrogens is 202 g/mol. The fourth-order valence-corrected chi connectivity index (χ4v) is 1.77. The first-order valence-electron chi connectivity index (χ1n) is 5.38. The van der Waals surface area contributed by atoms with E-state index in [1.54, 1.807) is 0 Å². The number of cyclic esters (lactones) is 1. The number of carbonyl (C=O) groups excluding carboxylic acids is 1. The standard InChI is InChI=1S/C13H15NO2/c1-9-5-3-4-6-12(9)14-10(2)11-7-8-16-13(11)15/h3-6,14H,7-8H2,1-2H3/b11-10+. The molecule has 84 valence electrons. The van der Waals surface area contributed by atoms with Gasteiger partial charge in [0.2, 0.25) is 0 Å². The number of allylic oxidation sites excluding steroid dienone is 1. The Labute approximate surface area is 95.1 Å². The number of anilines is 1. The van der Waals surface area contributed by atoms with Gasteiger partial charge in [0.15, 0.2) is 0 Å². The number of hydrogen-bond acceptors (Lipinski definition) is 3. The summed E-state index contributed by atoms with van der Waals surface area (Å²) in [6.07, 6.45) is 0.698. The Bertz CT molecular complexity index is 449. The molecule has 1 fully saturated rings. The van der Waals surface area contributed by atoms with E-state index in [0.29, 0.717) is 13.0 Å². The number of benzene rings is 1. The lowest BCUT2D eigenvalue weighted by molar-refractivity contribution is -0.135. The lowest BCUT2D eigenvalue weighted by atomic mass is 10.1. The summed E-state index contributed by atoms with van der Waals surface area (Å²) in [6.45, 7) is 4.45. The molecule has 2 rings (SSSR count). The van der Waals surface area contributed by atoms with Crippen molar-refractivity contribution in [2.45, 2.75) is 20.3 Å². The number of hydrogen-bond donors (Lipinski definition) is 1. The van der Waals surface area contributed by atoms with Crippen LogP contribution in [0.1, 0.15) is 18.9 Å². The molecule has 0 aromatic heterocycles. The summed E-state index contributed by atoms with van der Waals surface area (Å²) in [5, 5.41) is 3.26. The van der Waals surface area contributed by atoms with Gasteiger partial charge in [-0.2, -0.15) is 0 Å². The summed E-state index contributed by atoms with van der Waals surface area (Å²) in [4.78, 5) is 11.4. The van der Waals surface area contributed by atoms with E-state index in [2.05, 4.69) is 5.32 Å². The number of esters is 1. The predicted molar refractivity (Wildman–Crippen MR) is 63.1 cm³/mol. The van der Waals surface area contributed by atoms with Crippen molar-refractivity contribution in [2.24, 2.45) is 0 Å². The number of para-hydroxylation sites is 1. The lowest BCUT2D eigenvalue weighted by Crippen LogP contribution is -2.05. The van der Waals surface area contributed by atoms with Crippen molar-refractivity contribution in [3.63, 3.8) is 0 Å². The van der Waals surface area contributed by atoms with Crippen molar-refractivity contribution >= 4 is 11.7 Å². The highest BCUT2D eigenvalue weighted by molar-refractivity contribution is 5.91. The molecule has 3 nitrogen and oxygen atoms in total. The van der Waals surface area contributed by atoms with Crippen LogP contribution in [0.5, 0.6) is 0 Å². The molecule has 0 spiro atoms. The summed E-state index contributed by atoms with van der Waals surface area (Å²) in [6, 6.07) is 8.00. The molecule has 1 aromatic rings. The Kier molecular flexibility index (Phi) is 2.95. The van der Waals surface area contributed by atoms with E-state index >= 15 is 0 Å². The minimum atomic E-state index is -0.196. The molecule has 0 radical (unpaired) electrons. The van der Waals surface area contributed by atoms with Gasteiger partial charge in [-0.15, -0.1) is 0 Å². The SMILES string of the molecule is C/C(Nc1ccccc1C)=C1/CCOC1=O. The quantitative estimate of drug-likeness (QED) is 0.611. The number of rotatable bonds is 2. The number of aryl methyl sites for hydroxylation is 1. The Balaban J connectivity index is 2.22. The molecule has 1 saturated heterocycles. The molecule has 1 heterocycles. The topological polar surface area (TPSA) is 38.3 Å². The molecule has 0 aliphatic carbocycles. The fraction of sp³-hybridized carbons (Fsp3) is 0.308. The van der Waals surface area contributed by atoms with Gasteiger partial charge in [-0.05, 0) is 25.5 Å². The highest BCUT2D eigenvalue weighted by Gasteiger charge is 2.21. The smallest absolute Gasteiger partial charge is 0.335 e. The van der Waals surface area contributed by atoms with Crippen molar-refractivity contribution in [3.8, 4) is 0 Å². The zero-order valence-electron chi connectivity index (χ0n) is 9.54. The summed E-state index contributed by atoms with van der Waals surface area (Å²) in [5.74, 6) is -0.196. The molecule has 0 atom stereocenters. The van der Waals surface area contributed by atoms with E-state index in [-0.39, 0.29) is 5.97 Å². The highest BCUT2D eigenvalue weighted by Crippen LogP contribution is 2.21. The molecule has 1 aromatic carbocycles. The maximum atomic E-state index is 11.4. The molecule has 16 heavy (non-hydrogen) atoms. The minimum absolute atomic E-state index is 0.196. The summed E-state index contributed by atoms with van der Waals surface area (Å²) in [5.41, 5.74) is 3.83. The first-order chi connectivity index (χ1) is 7.68. The molecule has 0 saturated carbocycles. The van der Waals surface area contributed by atoms with Crippen LogP contribution in [0.25, 0.3) is 0 Å². The molecule has 0 amide bonds. The molecule has 1 aliphatic rings. The van der Waals surface area contributed by atoms with Gasteiger partial charge >= 0.3 is 5.97 Å². The fourth-order valence-electron chi connectivity index (χ4n) is 1.77. The van der Waals surface area contributed by atoms with Gasteiger partial charge in [-0.25, -0.2) is 4.79 Å².